The van der Waals surface area contributed by atoms with Gasteiger partial charge in [0.05, 0.1) is 0 Å². The monoisotopic (exact) mass is 296 g/mol. The molecule has 0 aromatic heterocycles. The van der Waals surface area contributed by atoms with Gasteiger partial charge in [-0.1, -0.05) is 37.1 Å². The molecule has 0 aliphatic carbocycles. The lowest BCUT2D eigenvalue weighted by Gasteiger charge is -2.25. The molecule has 20 heavy (non-hydrogen) atoms. The Morgan fingerprint density at radius 3 is 2.45 bits per heavy atom. The van der Waals surface area contributed by atoms with Crippen molar-refractivity contribution in [2.75, 3.05) is 26.7 Å². The molecule has 1 N–H and O–H groups in total. The molecule has 0 radical (unpaired) electrons. The van der Waals surface area contributed by atoms with Crippen LogP contribution in [0.1, 0.15) is 51.1 Å². The van der Waals surface area contributed by atoms with Crippen LogP contribution in [0, 0.1) is 0 Å². The highest BCUT2D eigenvalue weighted by molar-refractivity contribution is 6.30. The fraction of sp³-hybridized carbons (Fsp3) is 0.647. The molecule has 1 rings (SSSR count). The Morgan fingerprint density at radius 1 is 1.10 bits per heavy atom. The molecule has 3 heteroatoms. The Hall–Kier alpha value is -0.570. The first-order chi connectivity index (χ1) is 9.65. The highest BCUT2D eigenvalue weighted by Gasteiger charge is 2.10. The molecular weight excluding hydrogens is 268 g/mol. The summed E-state index contributed by atoms with van der Waals surface area (Å²) < 4.78 is 0. The van der Waals surface area contributed by atoms with Crippen LogP contribution in [0.15, 0.2) is 24.3 Å². The molecule has 0 spiro atoms. The molecular formula is C17H29ClN2. The number of benzene rings is 1. The lowest BCUT2D eigenvalue weighted by atomic mass is 10.1. The Labute approximate surface area is 129 Å². The van der Waals surface area contributed by atoms with Crippen LogP contribution < -0.4 is 5.32 Å². The smallest absolute Gasteiger partial charge is 0.0406 e. The molecule has 0 aliphatic heterocycles. The molecule has 2 nitrogen and oxygen atoms in total. The summed E-state index contributed by atoms with van der Waals surface area (Å²) in [6.07, 6.45) is 5.07. The fourth-order valence-electron chi connectivity index (χ4n) is 2.28. The highest BCUT2D eigenvalue weighted by atomic mass is 35.5. The third kappa shape index (κ3) is 6.74. The van der Waals surface area contributed by atoms with E-state index in [-0.39, 0.29) is 0 Å². The van der Waals surface area contributed by atoms with Gasteiger partial charge in [0, 0.05) is 11.1 Å². The van der Waals surface area contributed by atoms with Gasteiger partial charge in [-0.15, -0.1) is 0 Å². The number of hydrogen-bond acceptors (Lipinski definition) is 2. The SMILES string of the molecule is CCCNCCCCCN(C)C(C)c1ccc(Cl)cc1. The standard InChI is InChI=1S/C17H29ClN2/c1-4-12-19-13-6-5-7-14-20(3)15(2)16-8-10-17(18)11-9-16/h8-11,15,19H,4-7,12-14H2,1-3H3. The molecule has 114 valence electrons. The van der Waals surface area contributed by atoms with E-state index in [9.17, 15) is 0 Å². The van der Waals surface area contributed by atoms with Crippen molar-refractivity contribution in [2.24, 2.45) is 0 Å². The normalized spacial score (nSPS) is 12.8. The van der Waals surface area contributed by atoms with E-state index < -0.39 is 0 Å². The van der Waals surface area contributed by atoms with Gasteiger partial charge in [0.15, 0.2) is 0 Å². The second kappa shape index (κ2) is 10.2. The van der Waals surface area contributed by atoms with Crippen LogP contribution in [0.25, 0.3) is 0 Å². The topological polar surface area (TPSA) is 15.3 Å². The predicted molar refractivity (Wildman–Crippen MR) is 89.5 cm³/mol. The number of rotatable bonds is 10. The summed E-state index contributed by atoms with van der Waals surface area (Å²) >= 11 is 5.93. The minimum absolute atomic E-state index is 0.450. The van der Waals surface area contributed by atoms with Crippen molar-refractivity contribution in [1.29, 1.82) is 0 Å². The van der Waals surface area contributed by atoms with Crippen molar-refractivity contribution in [3.8, 4) is 0 Å². The van der Waals surface area contributed by atoms with Crippen molar-refractivity contribution in [1.82, 2.24) is 10.2 Å². The van der Waals surface area contributed by atoms with E-state index in [1.165, 1.54) is 31.2 Å². The summed E-state index contributed by atoms with van der Waals surface area (Å²) in [4.78, 5) is 2.42. The van der Waals surface area contributed by atoms with Crippen molar-refractivity contribution >= 4 is 11.6 Å². The van der Waals surface area contributed by atoms with Crippen molar-refractivity contribution in [3.63, 3.8) is 0 Å². The quantitative estimate of drug-likeness (QED) is 0.639. The average Bonchev–Trinajstić information content (AvgIpc) is 2.46. The molecule has 1 atom stereocenters. The van der Waals surface area contributed by atoms with E-state index in [0.29, 0.717) is 6.04 Å². The van der Waals surface area contributed by atoms with Crippen LogP contribution in [-0.2, 0) is 0 Å². The van der Waals surface area contributed by atoms with Crippen LogP contribution in [-0.4, -0.2) is 31.6 Å². The van der Waals surface area contributed by atoms with Gasteiger partial charge in [-0.05, 0) is 70.6 Å². The number of nitrogens with one attached hydrogen (secondary N) is 1. The minimum Gasteiger partial charge on any atom is -0.317 e. The second-order valence-electron chi connectivity index (χ2n) is 5.52. The molecule has 0 saturated heterocycles. The van der Waals surface area contributed by atoms with Crippen LogP contribution in [0.5, 0.6) is 0 Å². The van der Waals surface area contributed by atoms with Gasteiger partial charge in [0.25, 0.3) is 0 Å². The lowest BCUT2D eigenvalue weighted by Crippen LogP contribution is -2.23. The molecule has 1 aromatic carbocycles. The minimum atomic E-state index is 0.450. The highest BCUT2D eigenvalue weighted by Crippen LogP contribution is 2.21. The van der Waals surface area contributed by atoms with Crippen molar-refractivity contribution in [2.45, 2.75) is 45.6 Å². The third-order valence-electron chi connectivity index (χ3n) is 3.80. The maximum Gasteiger partial charge on any atom is 0.0406 e. The van der Waals surface area contributed by atoms with Gasteiger partial charge in [-0.2, -0.15) is 0 Å². The first-order valence-electron chi connectivity index (χ1n) is 7.81. The van der Waals surface area contributed by atoms with Gasteiger partial charge in [0.1, 0.15) is 0 Å². The summed E-state index contributed by atoms with van der Waals surface area (Å²) in [7, 11) is 2.20. The predicted octanol–water partition coefficient (Wildman–Crippen LogP) is 4.50. The lowest BCUT2D eigenvalue weighted by molar-refractivity contribution is 0.255. The van der Waals surface area contributed by atoms with E-state index in [2.05, 4.69) is 43.2 Å². The fourth-order valence-corrected chi connectivity index (χ4v) is 2.41. The van der Waals surface area contributed by atoms with Gasteiger partial charge in [-0.25, -0.2) is 0 Å². The van der Waals surface area contributed by atoms with Gasteiger partial charge < -0.3 is 5.32 Å². The zero-order valence-corrected chi connectivity index (χ0v) is 13.9. The summed E-state index contributed by atoms with van der Waals surface area (Å²) in [5.74, 6) is 0. The Kier molecular flexibility index (Phi) is 8.92. The molecule has 0 saturated carbocycles. The molecule has 1 aromatic rings. The average molecular weight is 297 g/mol. The van der Waals surface area contributed by atoms with E-state index in [1.807, 2.05) is 12.1 Å². The number of nitrogens with zero attached hydrogens (tertiary/aromatic N) is 1. The molecule has 0 fully saturated rings. The largest absolute Gasteiger partial charge is 0.317 e. The van der Waals surface area contributed by atoms with Gasteiger partial charge >= 0.3 is 0 Å². The zero-order valence-electron chi connectivity index (χ0n) is 13.2. The second-order valence-corrected chi connectivity index (χ2v) is 5.96. The molecule has 0 aliphatic rings. The molecule has 1 unspecified atom stereocenters. The Balaban J connectivity index is 2.18. The maximum atomic E-state index is 5.93. The molecule has 0 bridgehead atoms. The number of halogens is 1. The Bertz CT molecular complexity index is 351. The number of hydrogen-bond donors (Lipinski definition) is 1. The van der Waals surface area contributed by atoms with E-state index >= 15 is 0 Å². The maximum absolute atomic E-state index is 5.93. The molecule has 0 heterocycles. The van der Waals surface area contributed by atoms with Crippen molar-refractivity contribution in [3.05, 3.63) is 34.9 Å². The third-order valence-corrected chi connectivity index (χ3v) is 4.06. The van der Waals surface area contributed by atoms with E-state index in [1.54, 1.807) is 0 Å². The zero-order chi connectivity index (χ0) is 14.8. The van der Waals surface area contributed by atoms with Crippen LogP contribution >= 0.6 is 11.6 Å². The van der Waals surface area contributed by atoms with Crippen molar-refractivity contribution < 1.29 is 0 Å². The first-order valence-corrected chi connectivity index (χ1v) is 8.19. The number of unbranched alkanes of at least 4 members (excludes halogenated alkanes) is 2. The first kappa shape index (κ1) is 17.5. The van der Waals surface area contributed by atoms with Crippen LogP contribution in [0.2, 0.25) is 5.02 Å². The molecule has 0 amide bonds. The van der Waals surface area contributed by atoms with E-state index in [4.69, 9.17) is 11.6 Å². The Morgan fingerprint density at radius 2 is 1.80 bits per heavy atom. The summed E-state index contributed by atoms with van der Waals surface area (Å²) in [5.41, 5.74) is 1.33. The summed E-state index contributed by atoms with van der Waals surface area (Å²) in [6, 6.07) is 8.64. The van der Waals surface area contributed by atoms with Gasteiger partial charge in [-0.3, -0.25) is 4.90 Å². The summed E-state index contributed by atoms with van der Waals surface area (Å²) in [5, 5.41) is 4.26. The van der Waals surface area contributed by atoms with Crippen LogP contribution in [0.4, 0.5) is 0 Å². The van der Waals surface area contributed by atoms with Crippen LogP contribution in [0.3, 0.4) is 0 Å². The van der Waals surface area contributed by atoms with E-state index in [0.717, 1.165) is 24.7 Å². The van der Waals surface area contributed by atoms with Gasteiger partial charge in [0.2, 0.25) is 0 Å². The summed E-state index contributed by atoms with van der Waals surface area (Å²) in [6.45, 7) is 7.92.